The van der Waals surface area contributed by atoms with E-state index in [2.05, 4.69) is 0 Å². The number of hydrogen-bond donors (Lipinski definition) is 0. The van der Waals surface area contributed by atoms with Crippen LogP contribution in [0.15, 0.2) is 60.7 Å². The molecule has 5 heteroatoms. The Hall–Kier alpha value is -2.80. The third-order valence-electron chi connectivity index (χ3n) is 4.12. The van der Waals surface area contributed by atoms with Crippen molar-refractivity contribution < 1.29 is 9.13 Å². The molecule has 0 saturated carbocycles. The van der Waals surface area contributed by atoms with Gasteiger partial charge >= 0.3 is 0 Å². The van der Waals surface area contributed by atoms with Crippen LogP contribution in [0.25, 0.3) is 11.6 Å². The summed E-state index contributed by atoms with van der Waals surface area (Å²) in [5.41, 5.74) is 3.14. The Morgan fingerprint density at radius 1 is 1.07 bits per heavy atom. The summed E-state index contributed by atoms with van der Waals surface area (Å²) in [4.78, 5) is 0. The van der Waals surface area contributed by atoms with Crippen LogP contribution in [0.3, 0.4) is 0 Å². The van der Waals surface area contributed by atoms with Crippen LogP contribution < -0.4 is 4.74 Å². The number of rotatable bonds is 5. The van der Waals surface area contributed by atoms with Crippen LogP contribution >= 0.6 is 23.2 Å². The van der Waals surface area contributed by atoms with Crippen molar-refractivity contribution in [2.45, 2.75) is 13.5 Å². The molecular weight excluding hydrogens is 396 g/mol. The predicted octanol–water partition coefficient (Wildman–Crippen LogP) is 7.08. The van der Waals surface area contributed by atoms with E-state index in [0.717, 1.165) is 5.56 Å². The van der Waals surface area contributed by atoms with Gasteiger partial charge in [-0.2, -0.15) is 5.26 Å². The first-order valence-corrected chi connectivity index (χ1v) is 9.27. The van der Waals surface area contributed by atoms with Gasteiger partial charge < -0.3 is 4.74 Å². The molecule has 28 heavy (non-hydrogen) atoms. The number of benzene rings is 3. The highest BCUT2D eigenvalue weighted by Crippen LogP contribution is 2.36. The van der Waals surface area contributed by atoms with Gasteiger partial charge in [0.2, 0.25) is 0 Å². The van der Waals surface area contributed by atoms with E-state index in [0.29, 0.717) is 28.0 Å². The molecule has 0 aromatic heterocycles. The van der Waals surface area contributed by atoms with Gasteiger partial charge in [-0.25, -0.2) is 4.39 Å². The second-order valence-electron chi connectivity index (χ2n) is 6.24. The summed E-state index contributed by atoms with van der Waals surface area (Å²) in [6, 6.07) is 19.3. The number of aryl methyl sites for hydroxylation is 1. The lowest BCUT2D eigenvalue weighted by atomic mass is 10.0. The summed E-state index contributed by atoms with van der Waals surface area (Å²) in [6.07, 6.45) is 1.54. The average Bonchev–Trinajstić information content (AvgIpc) is 2.67. The fourth-order valence-corrected chi connectivity index (χ4v) is 3.27. The van der Waals surface area contributed by atoms with Crippen molar-refractivity contribution in [2.75, 3.05) is 0 Å². The van der Waals surface area contributed by atoms with E-state index in [1.807, 2.05) is 37.3 Å². The van der Waals surface area contributed by atoms with Crippen molar-refractivity contribution in [1.82, 2.24) is 0 Å². The molecule has 0 spiro atoms. The van der Waals surface area contributed by atoms with E-state index in [-0.39, 0.29) is 11.1 Å². The lowest BCUT2D eigenvalue weighted by Crippen LogP contribution is -1.97. The molecule has 3 rings (SSSR count). The van der Waals surface area contributed by atoms with Crippen LogP contribution in [-0.2, 0) is 6.61 Å². The monoisotopic (exact) mass is 411 g/mol. The molecule has 0 aliphatic carbocycles. The van der Waals surface area contributed by atoms with E-state index < -0.39 is 5.82 Å². The van der Waals surface area contributed by atoms with E-state index >= 15 is 0 Å². The maximum atomic E-state index is 14.0. The molecule has 0 fully saturated rings. The molecule has 0 atom stereocenters. The minimum atomic E-state index is -0.467. The SMILES string of the molecule is Cc1ccc(COc2c(Cl)cc(C=C(C#N)c3ccccc3F)cc2Cl)cc1. The maximum Gasteiger partial charge on any atom is 0.157 e. The Labute approximate surface area is 173 Å². The number of halogens is 3. The zero-order valence-electron chi connectivity index (χ0n) is 15.0. The lowest BCUT2D eigenvalue weighted by molar-refractivity contribution is 0.306. The fourth-order valence-electron chi connectivity index (χ4n) is 2.66. The van der Waals surface area contributed by atoms with Gasteiger partial charge in [0.05, 0.1) is 21.7 Å². The highest BCUT2D eigenvalue weighted by molar-refractivity contribution is 6.37. The van der Waals surface area contributed by atoms with Gasteiger partial charge in [0, 0.05) is 5.56 Å². The van der Waals surface area contributed by atoms with Crippen LogP contribution in [0.2, 0.25) is 10.0 Å². The highest BCUT2D eigenvalue weighted by atomic mass is 35.5. The molecule has 0 bridgehead atoms. The molecule has 0 amide bonds. The number of nitrogens with zero attached hydrogens (tertiary/aromatic N) is 1. The standard InChI is InChI=1S/C23H16Cl2FNO/c1-15-6-8-16(9-7-15)14-28-23-20(24)11-17(12-21(23)25)10-18(13-27)19-4-2-3-5-22(19)26/h2-12H,14H2,1H3. The van der Waals surface area contributed by atoms with Crippen molar-refractivity contribution in [3.05, 3.63) is 98.8 Å². The van der Waals surface area contributed by atoms with E-state index in [1.165, 1.54) is 11.6 Å². The minimum Gasteiger partial charge on any atom is -0.486 e. The van der Waals surface area contributed by atoms with Gasteiger partial charge in [0.15, 0.2) is 5.75 Å². The first kappa shape index (κ1) is 19.9. The molecule has 0 N–H and O–H groups in total. The molecule has 0 radical (unpaired) electrons. The van der Waals surface area contributed by atoms with Crippen LogP contribution in [0.5, 0.6) is 5.75 Å². The van der Waals surface area contributed by atoms with Gasteiger partial charge in [0.25, 0.3) is 0 Å². The second kappa shape index (κ2) is 8.93. The first-order valence-electron chi connectivity index (χ1n) is 8.52. The molecule has 0 unspecified atom stereocenters. The smallest absolute Gasteiger partial charge is 0.157 e. The van der Waals surface area contributed by atoms with Crippen molar-refractivity contribution in [3.8, 4) is 11.8 Å². The number of hydrogen-bond acceptors (Lipinski definition) is 2. The number of ether oxygens (including phenoxy) is 1. The van der Waals surface area contributed by atoms with E-state index in [9.17, 15) is 9.65 Å². The van der Waals surface area contributed by atoms with Crippen LogP contribution in [0, 0.1) is 24.1 Å². The van der Waals surface area contributed by atoms with Gasteiger partial charge in [-0.3, -0.25) is 0 Å². The van der Waals surface area contributed by atoms with Gasteiger partial charge in [0.1, 0.15) is 12.4 Å². The predicted molar refractivity (Wildman–Crippen MR) is 112 cm³/mol. The Kier molecular flexibility index (Phi) is 6.36. The largest absolute Gasteiger partial charge is 0.486 e. The summed E-state index contributed by atoms with van der Waals surface area (Å²) in [7, 11) is 0. The van der Waals surface area contributed by atoms with E-state index in [4.69, 9.17) is 27.9 Å². The van der Waals surface area contributed by atoms with Crippen molar-refractivity contribution >= 4 is 34.9 Å². The topological polar surface area (TPSA) is 33.0 Å². The quantitative estimate of drug-likeness (QED) is 0.331. The fraction of sp³-hybridized carbons (Fsp3) is 0.0870. The number of allylic oxidation sites excluding steroid dienone is 1. The average molecular weight is 412 g/mol. The summed E-state index contributed by atoms with van der Waals surface area (Å²) in [6.45, 7) is 2.34. The number of nitriles is 1. The molecule has 0 heterocycles. The molecule has 0 saturated heterocycles. The van der Waals surface area contributed by atoms with Crippen molar-refractivity contribution in [1.29, 1.82) is 5.26 Å². The molecule has 3 aromatic carbocycles. The summed E-state index contributed by atoms with van der Waals surface area (Å²) in [5, 5.41) is 10.0. The van der Waals surface area contributed by atoms with Gasteiger partial charge in [-0.05, 0) is 42.3 Å². The van der Waals surface area contributed by atoms with Crippen LogP contribution in [-0.4, -0.2) is 0 Å². The Morgan fingerprint density at radius 3 is 2.32 bits per heavy atom. The van der Waals surface area contributed by atoms with E-state index in [1.54, 1.807) is 36.4 Å². The molecule has 0 aliphatic heterocycles. The van der Waals surface area contributed by atoms with Gasteiger partial charge in [-0.15, -0.1) is 0 Å². The molecule has 140 valence electrons. The zero-order chi connectivity index (χ0) is 20.1. The first-order chi connectivity index (χ1) is 13.5. The Balaban J connectivity index is 1.86. The minimum absolute atomic E-state index is 0.179. The molecular formula is C23H16Cl2FNO. The highest BCUT2D eigenvalue weighted by Gasteiger charge is 2.12. The van der Waals surface area contributed by atoms with Crippen molar-refractivity contribution in [3.63, 3.8) is 0 Å². The Bertz CT molecular complexity index is 1050. The lowest BCUT2D eigenvalue weighted by Gasteiger charge is -2.11. The molecule has 3 aromatic rings. The summed E-state index contributed by atoms with van der Waals surface area (Å²) >= 11 is 12.7. The van der Waals surface area contributed by atoms with Crippen LogP contribution in [0.1, 0.15) is 22.3 Å². The second-order valence-corrected chi connectivity index (χ2v) is 7.05. The van der Waals surface area contributed by atoms with Crippen molar-refractivity contribution in [2.24, 2.45) is 0 Å². The van der Waals surface area contributed by atoms with Gasteiger partial charge in [-0.1, -0.05) is 71.2 Å². The summed E-state index contributed by atoms with van der Waals surface area (Å²) in [5.74, 6) is -0.101. The normalized spacial score (nSPS) is 11.2. The zero-order valence-corrected chi connectivity index (χ0v) is 16.6. The summed E-state index contributed by atoms with van der Waals surface area (Å²) < 4.78 is 19.7. The maximum absolute atomic E-state index is 14.0. The molecule has 0 aliphatic rings. The third-order valence-corrected chi connectivity index (χ3v) is 4.68. The Morgan fingerprint density at radius 2 is 1.71 bits per heavy atom. The molecule has 2 nitrogen and oxygen atoms in total. The third kappa shape index (κ3) is 4.72. The van der Waals surface area contributed by atoms with Crippen LogP contribution in [0.4, 0.5) is 4.39 Å².